The first-order chi connectivity index (χ1) is 6.76. The lowest BCUT2D eigenvalue weighted by molar-refractivity contribution is 0.287. The van der Waals surface area contributed by atoms with E-state index in [-0.39, 0.29) is 5.92 Å². The van der Waals surface area contributed by atoms with Crippen LogP contribution in [0.1, 0.15) is 6.92 Å². The Morgan fingerprint density at radius 1 is 1.29 bits per heavy atom. The first kappa shape index (κ1) is 10.4. The average Bonchev–Trinajstić information content (AvgIpc) is 2.26. The van der Waals surface area contributed by atoms with Gasteiger partial charge in [-0.1, -0.05) is 0 Å². The number of benzene rings is 1. The first-order valence-electron chi connectivity index (χ1n) is 4.42. The zero-order chi connectivity index (χ0) is 10.4. The molecule has 0 bridgehead atoms. The fraction of sp³-hybridized carbons (Fsp3) is 0.364. The van der Waals surface area contributed by atoms with Gasteiger partial charge in [0.2, 0.25) is 0 Å². The van der Waals surface area contributed by atoms with E-state index in [9.17, 15) is 0 Å². The maximum Gasteiger partial charge on any atom is 0.119 e. The van der Waals surface area contributed by atoms with Crippen molar-refractivity contribution in [3.05, 3.63) is 24.3 Å². The molecule has 0 amide bonds. The Hall–Kier alpha value is -1.69. The number of nitriles is 1. The van der Waals surface area contributed by atoms with Crippen LogP contribution in [0.15, 0.2) is 24.3 Å². The highest BCUT2D eigenvalue weighted by Crippen LogP contribution is 2.17. The molecule has 0 saturated carbocycles. The second-order valence-corrected chi connectivity index (χ2v) is 3.02. The van der Waals surface area contributed by atoms with Gasteiger partial charge < -0.3 is 9.47 Å². The molecule has 0 spiro atoms. The van der Waals surface area contributed by atoms with Crippen molar-refractivity contribution >= 4 is 0 Å². The average molecular weight is 191 g/mol. The van der Waals surface area contributed by atoms with Crippen molar-refractivity contribution in [1.82, 2.24) is 0 Å². The van der Waals surface area contributed by atoms with Gasteiger partial charge in [-0.3, -0.25) is 0 Å². The SMILES string of the molecule is COc1ccc(OCC(C)C#N)cc1. The molecule has 0 aromatic heterocycles. The van der Waals surface area contributed by atoms with Crippen LogP contribution in [0.3, 0.4) is 0 Å². The van der Waals surface area contributed by atoms with E-state index in [4.69, 9.17) is 14.7 Å². The summed E-state index contributed by atoms with van der Waals surface area (Å²) < 4.78 is 10.4. The standard InChI is InChI=1S/C11H13NO2/c1-9(7-12)8-14-11-5-3-10(13-2)4-6-11/h3-6,9H,8H2,1-2H3. The van der Waals surface area contributed by atoms with Crippen LogP contribution in [0, 0.1) is 17.2 Å². The maximum absolute atomic E-state index is 8.54. The van der Waals surface area contributed by atoms with Crippen LogP contribution in [-0.2, 0) is 0 Å². The number of methoxy groups -OCH3 is 1. The molecule has 0 aliphatic heterocycles. The van der Waals surface area contributed by atoms with Crippen LogP contribution in [0.25, 0.3) is 0 Å². The van der Waals surface area contributed by atoms with Crippen molar-refractivity contribution in [2.45, 2.75) is 6.92 Å². The molecule has 0 fully saturated rings. The molecule has 0 heterocycles. The quantitative estimate of drug-likeness (QED) is 0.732. The summed E-state index contributed by atoms with van der Waals surface area (Å²) in [6, 6.07) is 9.40. The van der Waals surface area contributed by atoms with Gasteiger partial charge in [-0.05, 0) is 31.2 Å². The van der Waals surface area contributed by atoms with Gasteiger partial charge in [0.05, 0.1) is 19.1 Å². The molecule has 0 aliphatic rings. The lowest BCUT2D eigenvalue weighted by Gasteiger charge is -2.07. The minimum Gasteiger partial charge on any atom is -0.497 e. The molecular weight excluding hydrogens is 178 g/mol. The number of hydrogen-bond donors (Lipinski definition) is 0. The summed E-state index contributed by atoms with van der Waals surface area (Å²) in [5.41, 5.74) is 0. The Balaban J connectivity index is 2.48. The largest absolute Gasteiger partial charge is 0.497 e. The van der Waals surface area contributed by atoms with Crippen LogP contribution in [-0.4, -0.2) is 13.7 Å². The summed E-state index contributed by atoms with van der Waals surface area (Å²) in [5.74, 6) is 1.47. The predicted octanol–water partition coefficient (Wildman–Crippen LogP) is 2.23. The molecule has 0 radical (unpaired) electrons. The van der Waals surface area contributed by atoms with Crippen LogP contribution in [0.4, 0.5) is 0 Å². The van der Waals surface area contributed by atoms with Gasteiger partial charge in [0.1, 0.15) is 18.1 Å². The van der Waals surface area contributed by atoms with Gasteiger partial charge in [0.25, 0.3) is 0 Å². The van der Waals surface area contributed by atoms with Crippen LogP contribution in [0.2, 0.25) is 0 Å². The molecule has 0 aliphatic carbocycles. The number of hydrogen-bond acceptors (Lipinski definition) is 3. The van der Waals surface area contributed by atoms with Gasteiger partial charge in [-0.15, -0.1) is 0 Å². The normalized spacial score (nSPS) is 11.5. The van der Waals surface area contributed by atoms with E-state index in [2.05, 4.69) is 6.07 Å². The fourth-order valence-corrected chi connectivity index (χ4v) is 0.930. The summed E-state index contributed by atoms with van der Waals surface area (Å²) in [7, 11) is 1.62. The smallest absolute Gasteiger partial charge is 0.119 e. The first-order valence-corrected chi connectivity index (χ1v) is 4.42. The highest BCUT2D eigenvalue weighted by molar-refractivity contribution is 5.31. The Morgan fingerprint density at radius 3 is 2.36 bits per heavy atom. The third-order valence-electron chi connectivity index (χ3n) is 1.78. The monoisotopic (exact) mass is 191 g/mol. The topological polar surface area (TPSA) is 42.2 Å². The molecular formula is C11H13NO2. The molecule has 1 aromatic rings. The summed E-state index contributed by atoms with van der Waals surface area (Å²) in [6.07, 6.45) is 0. The lowest BCUT2D eigenvalue weighted by atomic mass is 10.2. The highest BCUT2D eigenvalue weighted by Gasteiger charge is 2.00. The second-order valence-electron chi connectivity index (χ2n) is 3.02. The zero-order valence-electron chi connectivity index (χ0n) is 8.36. The van der Waals surface area contributed by atoms with Crippen LogP contribution in [0.5, 0.6) is 11.5 Å². The molecule has 14 heavy (non-hydrogen) atoms. The van der Waals surface area contributed by atoms with E-state index < -0.39 is 0 Å². The van der Waals surface area contributed by atoms with E-state index in [0.29, 0.717) is 6.61 Å². The maximum atomic E-state index is 8.54. The molecule has 0 saturated heterocycles. The summed E-state index contributed by atoms with van der Waals surface area (Å²) in [4.78, 5) is 0. The third kappa shape index (κ3) is 2.98. The Labute approximate surface area is 83.9 Å². The van der Waals surface area contributed by atoms with Crippen molar-refractivity contribution in [3.8, 4) is 17.6 Å². The summed E-state index contributed by atoms with van der Waals surface area (Å²) in [6.45, 7) is 2.24. The van der Waals surface area contributed by atoms with E-state index >= 15 is 0 Å². The van der Waals surface area contributed by atoms with E-state index in [1.807, 2.05) is 31.2 Å². The lowest BCUT2D eigenvalue weighted by Crippen LogP contribution is -2.05. The van der Waals surface area contributed by atoms with E-state index in [1.165, 1.54) is 0 Å². The molecule has 1 unspecified atom stereocenters. The molecule has 0 N–H and O–H groups in total. The molecule has 1 rings (SSSR count). The number of rotatable bonds is 4. The van der Waals surface area contributed by atoms with Crippen molar-refractivity contribution in [2.24, 2.45) is 5.92 Å². The Kier molecular flexibility index (Phi) is 3.81. The molecule has 74 valence electrons. The molecule has 1 aromatic carbocycles. The molecule has 3 nitrogen and oxygen atoms in total. The molecule has 3 heteroatoms. The minimum absolute atomic E-state index is 0.0860. The van der Waals surface area contributed by atoms with Crippen molar-refractivity contribution in [1.29, 1.82) is 5.26 Å². The summed E-state index contributed by atoms with van der Waals surface area (Å²) >= 11 is 0. The summed E-state index contributed by atoms with van der Waals surface area (Å²) in [5, 5.41) is 8.54. The fourth-order valence-electron chi connectivity index (χ4n) is 0.930. The van der Waals surface area contributed by atoms with Crippen LogP contribution < -0.4 is 9.47 Å². The van der Waals surface area contributed by atoms with Crippen molar-refractivity contribution < 1.29 is 9.47 Å². The molecule has 1 atom stereocenters. The van der Waals surface area contributed by atoms with E-state index in [1.54, 1.807) is 7.11 Å². The third-order valence-corrected chi connectivity index (χ3v) is 1.78. The van der Waals surface area contributed by atoms with E-state index in [0.717, 1.165) is 11.5 Å². The Morgan fingerprint density at radius 2 is 1.86 bits per heavy atom. The highest BCUT2D eigenvalue weighted by atomic mass is 16.5. The number of nitrogens with zero attached hydrogens (tertiary/aromatic N) is 1. The van der Waals surface area contributed by atoms with Gasteiger partial charge in [-0.2, -0.15) is 5.26 Å². The number of ether oxygens (including phenoxy) is 2. The van der Waals surface area contributed by atoms with Gasteiger partial charge in [0.15, 0.2) is 0 Å². The zero-order valence-corrected chi connectivity index (χ0v) is 8.36. The van der Waals surface area contributed by atoms with Gasteiger partial charge in [0, 0.05) is 0 Å². The van der Waals surface area contributed by atoms with Crippen LogP contribution >= 0.6 is 0 Å². The predicted molar refractivity (Wildman–Crippen MR) is 53.3 cm³/mol. The van der Waals surface area contributed by atoms with Crippen molar-refractivity contribution in [2.75, 3.05) is 13.7 Å². The van der Waals surface area contributed by atoms with Gasteiger partial charge in [-0.25, -0.2) is 0 Å². The minimum atomic E-state index is -0.0860. The van der Waals surface area contributed by atoms with Gasteiger partial charge >= 0.3 is 0 Å². The second kappa shape index (κ2) is 5.13. The Bertz CT molecular complexity index is 313. The van der Waals surface area contributed by atoms with Crippen molar-refractivity contribution in [3.63, 3.8) is 0 Å².